The zero-order valence-electron chi connectivity index (χ0n) is 12.9. The summed E-state index contributed by atoms with van der Waals surface area (Å²) in [5, 5.41) is 9.00. The molecule has 0 aromatic heterocycles. The Morgan fingerprint density at radius 2 is 1.86 bits per heavy atom. The predicted molar refractivity (Wildman–Crippen MR) is 77.9 cm³/mol. The normalized spacial score (nSPS) is 11.9. The number of hydrogen-bond donors (Lipinski definition) is 1. The number of benzene rings is 1. The minimum Gasteiger partial charge on any atom is -0.497 e. The molecule has 0 aliphatic rings. The van der Waals surface area contributed by atoms with Crippen LogP contribution in [-0.4, -0.2) is 48.2 Å². The summed E-state index contributed by atoms with van der Waals surface area (Å²) < 4.78 is 10.7. The van der Waals surface area contributed by atoms with Crippen molar-refractivity contribution in [2.45, 2.75) is 32.9 Å². The lowest BCUT2D eigenvalue weighted by Gasteiger charge is -2.23. The second kappa shape index (κ2) is 6.97. The number of aliphatic carboxylic acids is 1. The van der Waals surface area contributed by atoms with Crippen molar-refractivity contribution in [1.29, 1.82) is 0 Å². The summed E-state index contributed by atoms with van der Waals surface area (Å²) in [7, 11) is 2.97. The van der Waals surface area contributed by atoms with Crippen molar-refractivity contribution in [1.82, 2.24) is 4.90 Å². The molecule has 0 spiro atoms. The summed E-state index contributed by atoms with van der Waals surface area (Å²) >= 11 is 0. The summed E-state index contributed by atoms with van der Waals surface area (Å²) in [5.41, 5.74) is 0.306. The minimum absolute atomic E-state index is 0.120. The van der Waals surface area contributed by atoms with E-state index in [1.807, 2.05) is 13.8 Å². The van der Waals surface area contributed by atoms with E-state index in [-0.39, 0.29) is 6.10 Å². The number of amides is 1. The summed E-state index contributed by atoms with van der Waals surface area (Å²) in [6.07, 6.45) is -0.120. The molecular formula is C15H21NO5. The number of carboxylic acids is 1. The van der Waals surface area contributed by atoms with Crippen molar-refractivity contribution >= 4 is 11.9 Å². The third-order valence-corrected chi connectivity index (χ3v) is 3.04. The summed E-state index contributed by atoms with van der Waals surface area (Å²) in [4.78, 5) is 24.6. The third-order valence-electron chi connectivity index (χ3n) is 3.04. The van der Waals surface area contributed by atoms with Gasteiger partial charge >= 0.3 is 5.97 Å². The van der Waals surface area contributed by atoms with Crippen LogP contribution < -0.4 is 9.47 Å². The minimum atomic E-state index is -1.06. The highest BCUT2D eigenvalue weighted by molar-refractivity contribution is 5.98. The molecule has 0 radical (unpaired) electrons. The number of methoxy groups -OCH3 is 1. The molecule has 0 saturated carbocycles. The molecule has 1 amide bonds. The van der Waals surface area contributed by atoms with E-state index in [0.717, 1.165) is 4.90 Å². The van der Waals surface area contributed by atoms with Crippen LogP contribution in [0.25, 0.3) is 0 Å². The zero-order chi connectivity index (χ0) is 16.2. The van der Waals surface area contributed by atoms with Gasteiger partial charge in [-0.15, -0.1) is 0 Å². The fourth-order valence-corrected chi connectivity index (χ4v) is 1.69. The first kappa shape index (κ1) is 16.8. The molecule has 0 aliphatic carbocycles. The van der Waals surface area contributed by atoms with Crippen LogP contribution >= 0.6 is 0 Å². The van der Waals surface area contributed by atoms with Crippen molar-refractivity contribution in [3.63, 3.8) is 0 Å². The SMILES string of the molecule is COc1ccc(C(=O)N(C)C(C)C(=O)O)c(OC(C)C)c1. The van der Waals surface area contributed by atoms with Crippen LogP contribution in [0.15, 0.2) is 18.2 Å². The molecule has 0 bridgehead atoms. The lowest BCUT2D eigenvalue weighted by molar-refractivity contribution is -0.141. The highest BCUT2D eigenvalue weighted by atomic mass is 16.5. The fourth-order valence-electron chi connectivity index (χ4n) is 1.69. The quantitative estimate of drug-likeness (QED) is 0.869. The van der Waals surface area contributed by atoms with Crippen molar-refractivity contribution in [2.75, 3.05) is 14.2 Å². The first-order valence-corrected chi connectivity index (χ1v) is 6.62. The van der Waals surface area contributed by atoms with Gasteiger partial charge in [-0.2, -0.15) is 0 Å². The maximum absolute atomic E-state index is 12.4. The van der Waals surface area contributed by atoms with Crippen LogP contribution in [-0.2, 0) is 4.79 Å². The standard InChI is InChI=1S/C15H21NO5/c1-9(2)21-13-8-11(20-5)6-7-12(13)14(17)16(4)10(3)15(18)19/h6-10H,1-5H3,(H,18,19). The molecule has 0 fully saturated rings. The van der Waals surface area contributed by atoms with Gasteiger partial charge in [0.25, 0.3) is 5.91 Å². The van der Waals surface area contributed by atoms with Crippen molar-refractivity contribution in [2.24, 2.45) is 0 Å². The van der Waals surface area contributed by atoms with Crippen molar-refractivity contribution in [3.05, 3.63) is 23.8 Å². The van der Waals surface area contributed by atoms with Gasteiger partial charge in [-0.3, -0.25) is 4.79 Å². The molecule has 6 nitrogen and oxygen atoms in total. The van der Waals surface area contributed by atoms with Gasteiger partial charge in [0.2, 0.25) is 0 Å². The van der Waals surface area contributed by atoms with Gasteiger partial charge in [0.15, 0.2) is 0 Å². The number of carbonyl (C=O) groups excluding carboxylic acids is 1. The zero-order valence-corrected chi connectivity index (χ0v) is 12.9. The summed E-state index contributed by atoms with van der Waals surface area (Å²) in [5.74, 6) is -0.538. The maximum atomic E-state index is 12.4. The number of carboxylic acid groups (broad SMARTS) is 1. The second-order valence-electron chi connectivity index (χ2n) is 4.96. The Balaban J connectivity index is 3.15. The van der Waals surface area contributed by atoms with E-state index in [2.05, 4.69) is 0 Å². The molecule has 6 heteroatoms. The number of likely N-dealkylation sites (N-methyl/N-ethyl adjacent to an activating group) is 1. The Labute approximate surface area is 124 Å². The highest BCUT2D eigenvalue weighted by Gasteiger charge is 2.25. The Bertz CT molecular complexity index is 527. The van der Waals surface area contributed by atoms with E-state index in [4.69, 9.17) is 14.6 Å². The average Bonchev–Trinajstić information content (AvgIpc) is 2.44. The Morgan fingerprint density at radius 1 is 1.24 bits per heavy atom. The van der Waals surface area contributed by atoms with E-state index in [1.165, 1.54) is 21.1 Å². The Morgan fingerprint density at radius 3 is 2.33 bits per heavy atom. The number of hydrogen-bond acceptors (Lipinski definition) is 4. The molecular weight excluding hydrogens is 274 g/mol. The van der Waals surface area contributed by atoms with Gasteiger partial charge in [-0.05, 0) is 32.9 Å². The van der Waals surface area contributed by atoms with Gasteiger partial charge < -0.3 is 19.5 Å². The smallest absolute Gasteiger partial charge is 0.326 e. The van der Waals surface area contributed by atoms with Crippen LogP contribution in [0.3, 0.4) is 0 Å². The van der Waals surface area contributed by atoms with Crippen molar-refractivity contribution in [3.8, 4) is 11.5 Å². The molecule has 1 rings (SSSR count). The lowest BCUT2D eigenvalue weighted by atomic mass is 10.1. The van der Waals surface area contributed by atoms with Gasteiger partial charge in [0.05, 0.1) is 18.8 Å². The van der Waals surface area contributed by atoms with Crippen LogP contribution in [0.2, 0.25) is 0 Å². The molecule has 0 saturated heterocycles. The van der Waals surface area contributed by atoms with E-state index in [9.17, 15) is 9.59 Å². The molecule has 21 heavy (non-hydrogen) atoms. The fraction of sp³-hybridized carbons (Fsp3) is 0.467. The molecule has 116 valence electrons. The molecule has 1 aromatic rings. The van der Waals surface area contributed by atoms with Gasteiger partial charge in [0.1, 0.15) is 17.5 Å². The van der Waals surface area contributed by atoms with Crippen LogP contribution in [0.5, 0.6) is 11.5 Å². The summed E-state index contributed by atoms with van der Waals surface area (Å²) in [6, 6.07) is 3.90. The molecule has 1 aromatic carbocycles. The molecule has 1 atom stereocenters. The number of rotatable bonds is 6. The second-order valence-corrected chi connectivity index (χ2v) is 4.96. The highest BCUT2D eigenvalue weighted by Crippen LogP contribution is 2.27. The molecule has 1 unspecified atom stereocenters. The summed E-state index contributed by atoms with van der Waals surface area (Å²) in [6.45, 7) is 5.14. The first-order chi connectivity index (χ1) is 9.77. The van der Waals surface area contributed by atoms with Crippen molar-refractivity contribution < 1.29 is 24.2 Å². The average molecular weight is 295 g/mol. The van der Waals surface area contributed by atoms with Gasteiger partial charge in [-0.1, -0.05) is 0 Å². The first-order valence-electron chi connectivity index (χ1n) is 6.62. The monoisotopic (exact) mass is 295 g/mol. The van der Waals surface area contributed by atoms with Gasteiger partial charge in [-0.25, -0.2) is 4.79 Å². The number of nitrogens with zero attached hydrogens (tertiary/aromatic N) is 1. The van der Waals surface area contributed by atoms with Gasteiger partial charge in [0, 0.05) is 13.1 Å². The lowest BCUT2D eigenvalue weighted by Crippen LogP contribution is -2.40. The maximum Gasteiger partial charge on any atom is 0.326 e. The predicted octanol–water partition coefficient (Wildman–Crippen LogP) is 2.03. The van der Waals surface area contributed by atoms with Crippen LogP contribution in [0.1, 0.15) is 31.1 Å². The van der Waals surface area contributed by atoms with E-state index in [1.54, 1.807) is 18.2 Å². The Hall–Kier alpha value is -2.24. The topological polar surface area (TPSA) is 76.1 Å². The Kier molecular flexibility index (Phi) is 5.58. The van der Waals surface area contributed by atoms with E-state index in [0.29, 0.717) is 17.1 Å². The molecule has 1 N–H and O–H groups in total. The number of ether oxygens (including phenoxy) is 2. The van der Waals surface area contributed by atoms with Crippen LogP contribution in [0.4, 0.5) is 0 Å². The van der Waals surface area contributed by atoms with Crippen LogP contribution in [0, 0.1) is 0 Å². The third kappa shape index (κ3) is 4.11. The van der Waals surface area contributed by atoms with E-state index >= 15 is 0 Å². The molecule has 0 heterocycles. The largest absolute Gasteiger partial charge is 0.497 e. The van der Waals surface area contributed by atoms with E-state index < -0.39 is 17.9 Å². The molecule has 0 aliphatic heterocycles. The number of carbonyl (C=O) groups is 2.